The lowest BCUT2D eigenvalue weighted by Gasteiger charge is -2.03. The highest BCUT2D eigenvalue weighted by atomic mass is 35.7. The summed E-state index contributed by atoms with van der Waals surface area (Å²) in [6, 6.07) is 12.6. The number of halogens is 2. The van der Waals surface area contributed by atoms with E-state index in [9.17, 15) is 0 Å². The summed E-state index contributed by atoms with van der Waals surface area (Å²) in [5, 5.41) is 0. The fourth-order valence-corrected chi connectivity index (χ4v) is 3.01. The van der Waals surface area contributed by atoms with Gasteiger partial charge in [0, 0.05) is 12.8 Å². The standard InChI is InChI=1S/C19H20N4.2ClHO4/c1-12-6-8-14-16(10-12)22-18(20-14)4-3-5-19-21-15-9-7-13(2)11-17(15)23-19;2*2-1(3,4)5/h6-11H,3-5H2,1-2H3,(H,20,22)(H,21,23);2*(H,2,3,4,5). The number of aromatic nitrogens is 4. The summed E-state index contributed by atoms with van der Waals surface area (Å²) in [6.45, 7) is 4.20. The third-order valence-corrected chi connectivity index (χ3v) is 4.20. The Labute approximate surface area is 192 Å². The summed E-state index contributed by atoms with van der Waals surface area (Å²) in [4.78, 5) is 16.1. The van der Waals surface area contributed by atoms with Crippen LogP contribution in [0.5, 0.6) is 0 Å². The molecule has 180 valence electrons. The first-order chi connectivity index (χ1) is 15.2. The Morgan fingerprint density at radius 3 is 1.36 bits per heavy atom. The van der Waals surface area contributed by atoms with Gasteiger partial charge in [0.2, 0.25) is 0 Å². The second-order valence-electron chi connectivity index (χ2n) is 7.05. The van der Waals surface area contributed by atoms with Gasteiger partial charge in [-0.05, 0) is 55.7 Å². The minimum absolute atomic E-state index is 0.934. The molecule has 14 heteroatoms. The molecule has 2 aromatic heterocycles. The first-order valence-electron chi connectivity index (χ1n) is 9.34. The van der Waals surface area contributed by atoms with E-state index in [4.69, 9.17) is 37.3 Å². The van der Waals surface area contributed by atoms with Gasteiger partial charge in [-0.1, -0.05) is 12.1 Å². The Morgan fingerprint density at radius 2 is 1.03 bits per heavy atom. The third kappa shape index (κ3) is 10.9. The van der Waals surface area contributed by atoms with E-state index in [-0.39, 0.29) is 0 Å². The number of rotatable bonds is 4. The Balaban J connectivity index is 0.000000327. The molecular formula is C19H22Cl2N4O8. The molecule has 4 rings (SSSR count). The van der Waals surface area contributed by atoms with Crippen LogP contribution in [0.1, 0.15) is 29.2 Å². The molecule has 0 saturated carbocycles. The van der Waals surface area contributed by atoms with Crippen molar-refractivity contribution in [1.29, 1.82) is 0 Å². The molecule has 33 heavy (non-hydrogen) atoms. The van der Waals surface area contributed by atoms with Crippen molar-refractivity contribution in [2.24, 2.45) is 0 Å². The van der Waals surface area contributed by atoms with Crippen molar-refractivity contribution >= 4 is 22.1 Å². The zero-order chi connectivity index (χ0) is 24.8. The Morgan fingerprint density at radius 1 is 0.697 bits per heavy atom. The van der Waals surface area contributed by atoms with Gasteiger partial charge in [-0.15, -0.1) is 0 Å². The monoisotopic (exact) mass is 504 g/mol. The van der Waals surface area contributed by atoms with Gasteiger partial charge in [0.25, 0.3) is 0 Å². The fraction of sp³-hybridized carbons (Fsp3) is 0.263. The molecule has 0 aliphatic rings. The average Bonchev–Trinajstić information content (AvgIpc) is 3.21. The molecule has 0 saturated heterocycles. The lowest BCUT2D eigenvalue weighted by molar-refractivity contribution is -1.92. The van der Waals surface area contributed by atoms with Crippen molar-refractivity contribution in [2.45, 2.75) is 33.1 Å². The Hall–Kier alpha value is -2.36. The highest BCUT2D eigenvalue weighted by molar-refractivity contribution is 5.76. The van der Waals surface area contributed by atoms with E-state index >= 15 is 0 Å². The maximum absolute atomic E-state index is 8.60. The van der Waals surface area contributed by atoms with E-state index in [1.165, 1.54) is 11.1 Å². The molecule has 0 bridgehead atoms. The van der Waals surface area contributed by atoms with Gasteiger partial charge in [-0.3, -0.25) is 0 Å². The molecule has 4 aromatic rings. The second-order valence-corrected chi connectivity index (χ2v) is 8.64. The summed E-state index contributed by atoms with van der Waals surface area (Å²) in [6.07, 6.45) is 2.89. The van der Waals surface area contributed by atoms with E-state index in [2.05, 4.69) is 70.2 Å². The highest BCUT2D eigenvalue weighted by Gasteiger charge is 2.06. The van der Waals surface area contributed by atoms with Crippen LogP contribution in [-0.4, -0.2) is 29.3 Å². The van der Waals surface area contributed by atoms with Gasteiger partial charge in [0.1, 0.15) is 11.6 Å². The van der Waals surface area contributed by atoms with E-state index in [1.807, 2.05) is 0 Å². The predicted octanol–water partition coefficient (Wildman–Crippen LogP) is -4.02. The number of nitrogens with one attached hydrogen (secondary N) is 2. The van der Waals surface area contributed by atoms with Gasteiger partial charge in [-0.25, -0.2) is 9.97 Å². The van der Waals surface area contributed by atoms with Gasteiger partial charge in [0.05, 0.1) is 51.9 Å². The van der Waals surface area contributed by atoms with Crippen LogP contribution in [0.15, 0.2) is 36.4 Å². The normalized spacial score (nSPS) is 11.7. The third-order valence-electron chi connectivity index (χ3n) is 4.20. The van der Waals surface area contributed by atoms with Crippen molar-refractivity contribution in [1.82, 2.24) is 19.9 Å². The zero-order valence-corrected chi connectivity index (χ0v) is 19.1. The Bertz CT molecular complexity index is 1080. The highest BCUT2D eigenvalue weighted by Crippen LogP contribution is 2.16. The second kappa shape index (κ2) is 11.2. The lowest BCUT2D eigenvalue weighted by atomic mass is 10.2. The molecule has 2 heterocycles. The Kier molecular flexibility index (Phi) is 9.11. The maximum atomic E-state index is 8.60. The summed E-state index contributed by atoms with van der Waals surface area (Å²) in [7, 11) is -9.39. The zero-order valence-electron chi connectivity index (χ0n) is 17.6. The average molecular weight is 505 g/mol. The molecule has 4 N–H and O–H groups in total. The molecule has 0 aliphatic carbocycles. The van der Waals surface area contributed by atoms with Crippen LogP contribution in [0.3, 0.4) is 0 Å². The summed E-state index contributed by atoms with van der Waals surface area (Å²) in [5.74, 6) is 2.11. The molecule has 2 aromatic carbocycles. The number of fused-ring (bicyclic) bond motifs is 2. The summed E-state index contributed by atoms with van der Waals surface area (Å²) < 4.78 is 65.4. The minimum Gasteiger partial charge on any atom is -0.342 e. The fourth-order valence-electron chi connectivity index (χ4n) is 3.01. The predicted molar refractivity (Wildman–Crippen MR) is 98.1 cm³/mol. The largest absolute Gasteiger partial charge is 0.342 e. The van der Waals surface area contributed by atoms with Crippen molar-refractivity contribution in [3.05, 3.63) is 59.2 Å². The summed E-state index contributed by atoms with van der Waals surface area (Å²) >= 11 is 0. The molecule has 12 nitrogen and oxygen atoms in total. The quantitative estimate of drug-likeness (QED) is 0.210. The van der Waals surface area contributed by atoms with Crippen LogP contribution < -0.4 is 28.0 Å². The summed E-state index contributed by atoms with van der Waals surface area (Å²) in [5.41, 5.74) is 6.85. The van der Waals surface area contributed by atoms with Gasteiger partial charge < -0.3 is 9.97 Å². The van der Waals surface area contributed by atoms with E-state index < -0.39 is 20.5 Å². The molecule has 0 aliphatic heterocycles. The van der Waals surface area contributed by atoms with Crippen LogP contribution in [0.25, 0.3) is 22.1 Å². The van der Waals surface area contributed by atoms with Crippen molar-refractivity contribution in [3.63, 3.8) is 0 Å². The van der Waals surface area contributed by atoms with Crippen molar-refractivity contribution in [2.75, 3.05) is 0 Å². The number of aromatic amines is 2. The lowest BCUT2D eigenvalue weighted by Crippen LogP contribution is -2.58. The smallest absolute Gasteiger partial charge is 0.107 e. The molecule has 0 unspecified atom stereocenters. The molecule has 0 radical (unpaired) electrons. The molecule has 0 amide bonds. The number of hydrogen-bond acceptors (Lipinski definition) is 10. The number of imidazole rings is 2. The minimum atomic E-state index is -4.69. The van der Waals surface area contributed by atoms with Crippen LogP contribution in [0.4, 0.5) is 0 Å². The number of aryl methyl sites for hydroxylation is 4. The van der Waals surface area contributed by atoms with Crippen LogP contribution >= 0.6 is 0 Å². The van der Waals surface area contributed by atoms with Gasteiger partial charge >= 0.3 is 0 Å². The molecule has 0 atom stereocenters. The number of benzene rings is 2. The van der Waals surface area contributed by atoms with E-state index in [0.29, 0.717) is 0 Å². The SMILES string of the molecule is Cc1ccc2nc(CCCc3nc4ccc(C)cc4[nH]3)[nH]c2c1.[O-][Cl+3]([O-])([O-])O.[O-][Cl+3]([O-])([O-])O. The van der Waals surface area contributed by atoms with Gasteiger partial charge in [0.15, 0.2) is 0 Å². The van der Waals surface area contributed by atoms with Crippen LogP contribution in [0.2, 0.25) is 0 Å². The molecule has 0 fully saturated rings. The van der Waals surface area contributed by atoms with Crippen molar-refractivity contribution in [3.8, 4) is 0 Å². The molecule has 0 spiro atoms. The van der Waals surface area contributed by atoms with E-state index in [1.54, 1.807) is 0 Å². The topological polar surface area (TPSA) is 236 Å². The van der Waals surface area contributed by atoms with Crippen LogP contribution in [0, 0.1) is 34.3 Å². The molecular weight excluding hydrogens is 483 g/mol. The number of hydrogen-bond donors (Lipinski definition) is 4. The van der Waals surface area contributed by atoms with Crippen LogP contribution in [-0.2, 0) is 12.8 Å². The number of H-pyrrole nitrogens is 2. The number of nitrogens with zero attached hydrogens (tertiary/aromatic N) is 2. The van der Waals surface area contributed by atoms with Gasteiger partial charge in [-0.2, -0.15) is 28.0 Å². The first kappa shape index (κ1) is 26.9. The van der Waals surface area contributed by atoms with E-state index in [0.717, 1.165) is 53.0 Å². The first-order valence-corrected chi connectivity index (χ1v) is 11.9. The van der Waals surface area contributed by atoms with Crippen molar-refractivity contribution < 1.29 is 57.8 Å². The maximum Gasteiger partial charge on any atom is 0.107 e.